The third-order valence-corrected chi connectivity index (χ3v) is 2.34. The monoisotopic (exact) mass is 199 g/mol. The summed E-state index contributed by atoms with van der Waals surface area (Å²) in [5, 5.41) is 3.71. The summed E-state index contributed by atoms with van der Waals surface area (Å²) in [6, 6.07) is 0. The smallest absolute Gasteiger partial charge is 0.167 e. The molecule has 1 rings (SSSR count). The molecule has 0 aliphatic heterocycles. The molecule has 1 fully saturated rings. The molecule has 0 unspecified atom stereocenters. The third-order valence-electron chi connectivity index (χ3n) is 2.34. The van der Waals surface area contributed by atoms with Gasteiger partial charge in [0.1, 0.15) is 12.8 Å². The molecule has 0 heterocycles. The molecule has 0 N–H and O–H groups in total. The van der Waals surface area contributed by atoms with Crippen molar-refractivity contribution in [1.29, 1.82) is 0 Å². The Morgan fingerprint density at radius 2 is 1.86 bits per heavy atom. The van der Waals surface area contributed by atoms with E-state index < -0.39 is 0 Å². The SMILES string of the molecule is CC.CO/N=C(/C=O)C1CCCCC1. The zero-order valence-corrected chi connectivity index (χ0v) is 9.45. The summed E-state index contributed by atoms with van der Waals surface area (Å²) < 4.78 is 0. The Morgan fingerprint density at radius 1 is 1.29 bits per heavy atom. The van der Waals surface area contributed by atoms with Crippen LogP contribution in [0.25, 0.3) is 0 Å². The number of hydrogen-bond acceptors (Lipinski definition) is 3. The molecule has 0 spiro atoms. The van der Waals surface area contributed by atoms with E-state index in [4.69, 9.17) is 0 Å². The molecule has 0 aromatic heterocycles. The van der Waals surface area contributed by atoms with Gasteiger partial charge in [-0.15, -0.1) is 0 Å². The molecule has 1 aliphatic carbocycles. The first-order chi connectivity index (χ1) is 6.88. The van der Waals surface area contributed by atoms with Gasteiger partial charge >= 0.3 is 0 Å². The Bertz CT molecular complexity index is 172. The quantitative estimate of drug-likeness (QED) is 0.398. The lowest BCUT2D eigenvalue weighted by atomic mass is 9.86. The highest BCUT2D eigenvalue weighted by molar-refractivity contribution is 6.29. The fourth-order valence-corrected chi connectivity index (χ4v) is 1.70. The summed E-state index contributed by atoms with van der Waals surface area (Å²) in [6.45, 7) is 4.00. The van der Waals surface area contributed by atoms with Crippen LogP contribution in [0.1, 0.15) is 46.0 Å². The van der Waals surface area contributed by atoms with Crippen LogP contribution in [0.15, 0.2) is 5.16 Å². The predicted octanol–water partition coefficient (Wildman–Crippen LogP) is 2.79. The van der Waals surface area contributed by atoms with Crippen LogP contribution in [-0.4, -0.2) is 19.1 Å². The van der Waals surface area contributed by atoms with Gasteiger partial charge in [-0.3, -0.25) is 4.79 Å². The topological polar surface area (TPSA) is 38.7 Å². The second kappa shape index (κ2) is 8.73. The number of carbonyl (C=O) groups excluding carboxylic acids is 1. The number of oxime groups is 1. The standard InChI is InChI=1S/C9H15NO2.C2H6/c1-12-10-9(7-11)8-5-3-2-4-6-8;1-2/h7-8H,2-6H2,1H3;1-2H3/b10-9-;. The van der Waals surface area contributed by atoms with Crippen LogP contribution in [-0.2, 0) is 9.63 Å². The van der Waals surface area contributed by atoms with Crippen molar-refractivity contribution in [2.45, 2.75) is 46.0 Å². The largest absolute Gasteiger partial charge is 0.399 e. The summed E-state index contributed by atoms with van der Waals surface area (Å²) in [5.41, 5.74) is 0.581. The summed E-state index contributed by atoms with van der Waals surface area (Å²) in [5.74, 6) is 0.344. The van der Waals surface area contributed by atoms with Crippen molar-refractivity contribution in [3.8, 4) is 0 Å². The Hall–Kier alpha value is -0.860. The van der Waals surface area contributed by atoms with E-state index in [2.05, 4.69) is 9.99 Å². The van der Waals surface area contributed by atoms with Gasteiger partial charge < -0.3 is 4.84 Å². The maximum Gasteiger partial charge on any atom is 0.167 e. The zero-order valence-electron chi connectivity index (χ0n) is 9.45. The molecule has 0 saturated heterocycles. The highest BCUT2D eigenvalue weighted by Crippen LogP contribution is 2.24. The fraction of sp³-hybridized carbons (Fsp3) is 0.818. The van der Waals surface area contributed by atoms with E-state index in [1.807, 2.05) is 13.8 Å². The van der Waals surface area contributed by atoms with Crippen LogP contribution in [0.2, 0.25) is 0 Å². The van der Waals surface area contributed by atoms with Gasteiger partial charge in [-0.2, -0.15) is 0 Å². The predicted molar refractivity (Wildman–Crippen MR) is 58.4 cm³/mol. The van der Waals surface area contributed by atoms with Gasteiger partial charge in [-0.1, -0.05) is 38.3 Å². The Balaban J connectivity index is 0.000000791. The molecule has 3 heteroatoms. The van der Waals surface area contributed by atoms with Gasteiger partial charge in [0.2, 0.25) is 0 Å². The summed E-state index contributed by atoms with van der Waals surface area (Å²) in [6.07, 6.45) is 6.69. The molecule has 82 valence electrons. The number of nitrogens with zero attached hydrogens (tertiary/aromatic N) is 1. The molecule has 0 amide bonds. The fourth-order valence-electron chi connectivity index (χ4n) is 1.70. The van der Waals surface area contributed by atoms with Gasteiger partial charge in [-0.25, -0.2) is 0 Å². The van der Waals surface area contributed by atoms with Crippen molar-refractivity contribution in [2.24, 2.45) is 11.1 Å². The van der Waals surface area contributed by atoms with E-state index in [1.165, 1.54) is 26.4 Å². The van der Waals surface area contributed by atoms with Crippen LogP contribution in [0.5, 0.6) is 0 Å². The van der Waals surface area contributed by atoms with Crippen molar-refractivity contribution in [1.82, 2.24) is 0 Å². The highest BCUT2D eigenvalue weighted by atomic mass is 16.6. The van der Waals surface area contributed by atoms with Crippen molar-refractivity contribution < 1.29 is 9.63 Å². The average Bonchev–Trinajstić information content (AvgIpc) is 2.30. The summed E-state index contributed by atoms with van der Waals surface area (Å²) in [7, 11) is 1.48. The molecule has 0 aromatic rings. The van der Waals surface area contributed by atoms with Gasteiger partial charge in [-0.05, 0) is 12.8 Å². The minimum absolute atomic E-state index is 0.344. The molecule has 3 nitrogen and oxygen atoms in total. The normalized spacial score (nSPS) is 18.1. The molecule has 0 atom stereocenters. The minimum Gasteiger partial charge on any atom is -0.399 e. The molecule has 0 aromatic carbocycles. The average molecular weight is 199 g/mol. The van der Waals surface area contributed by atoms with Crippen LogP contribution in [0.4, 0.5) is 0 Å². The molecule has 0 radical (unpaired) electrons. The lowest BCUT2D eigenvalue weighted by molar-refractivity contribution is -0.103. The van der Waals surface area contributed by atoms with Crippen molar-refractivity contribution in [3.05, 3.63) is 0 Å². The number of carbonyl (C=O) groups is 1. The first-order valence-corrected chi connectivity index (χ1v) is 5.44. The molecule has 1 saturated carbocycles. The Kier molecular flexibility index (Phi) is 8.19. The molecule has 1 aliphatic rings. The van der Waals surface area contributed by atoms with E-state index in [0.717, 1.165) is 19.1 Å². The first-order valence-electron chi connectivity index (χ1n) is 5.44. The minimum atomic E-state index is 0.344. The van der Waals surface area contributed by atoms with E-state index in [0.29, 0.717) is 11.6 Å². The van der Waals surface area contributed by atoms with E-state index in [-0.39, 0.29) is 0 Å². The number of hydrogen-bond donors (Lipinski definition) is 0. The maximum absolute atomic E-state index is 10.6. The second-order valence-electron chi connectivity index (χ2n) is 3.15. The molecular weight excluding hydrogens is 178 g/mol. The lowest BCUT2D eigenvalue weighted by Crippen LogP contribution is -2.19. The van der Waals surface area contributed by atoms with Gasteiger partial charge in [0.25, 0.3) is 0 Å². The number of aldehydes is 1. The lowest BCUT2D eigenvalue weighted by Gasteiger charge is -2.19. The number of rotatable bonds is 3. The van der Waals surface area contributed by atoms with Crippen molar-refractivity contribution in [2.75, 3.05) is 7.11 Å². The summed E-state index contributed by atoms with van der Waals surface area (Å²) in [4.78, 5) is 15.2. The highest BCUT2D eigenvalue weighted by Gasteiger charge is 2.19. The maximum atomic E-state index is 10.6. The van der Waals surface area contributed by atoms with Crippen LogP contribution < -0.4 is 0 Å². The first kappa shape index (κ1) is 13.1. The van der Waals surface area contributed by atoms with Gasteiger partial charge in [0, 0.05) is 5.92 Å². The molecule has 14 heavy (non-hydrogen) atoms. The molecule has 0 bridgehead atoms. The zero-order chi connectivity index (χ0) is 10.8. The van der Waals surface area contributed by atoms with Crippen molar-refractivity contribution >= 4 is 12.0 Å². The third kappa shape index (κ3) is 4.40. The van der Waals surface area contributed by atoms with E-state index in [9.17, 15) is 4.79 Å². The van der Waals surface area contributed by atoms with E-state index >= 15 is 0 Å². The van der Waals surface area contributed by atoms with E-state index in [1.54, 1.807) is 0 Å². The van der Waals surface area contributed by atoms with Crippen molar-refractivity contribution in [3.63, 3.8) is 0 Å². The summed E-state index contributed by atoms with van der Waals surface area (Å²) >= 11 is 0. The Morgan fingerprint density at radius 3 is 2.29 bits per heavy atom. The second-order valence-corrected chi connectivity index (χ2v) is 3.15. The van der Waals surface area contributed by atoms with Gasteiger partial charge in [0.15, 0.2) is 6.29 Å². The van der Waals surface area contributed by atoms with Crippen LogP contribution >= 0.6 is 0 Å². The van der Waals surface area contributed by atoms with Crippen LogP contribution in [0, 0.1) is 5.92 Å². The molecular formula is C11H21NO2. The van der Waals surface area contributed by atoms with Crippen LogP contribution in [0.3, 0.4) is 0 Å². The Labute approximate surface area is 86.5 Å². The van der Waals surface area contributed by atoms with Gasteiger partial charge in [0.05, 0.1) is 0 Å².